The van der Waals surface area contributed by atoms with Crippen LogP contribution in [-0.4, -0.2) is 11.9 Å². The van der Waals surface area contributed by atoms with E-state index >= 15 is 0 Å². The van der Waals surface area contributed by atoms with Crippen molar-refractivity contribution in [2.24, 2.45) is 0 Å². The molecule has 174 valence electrons. The van der Waals surface area contributed by atoms with E-state index in [0.29, 0.717) is 12.8 Å². The first-order valence-electron chi connectivity index (χ1n) is 9.88. The number of ether oxygens (including phenoxy) is 2. The van der Waals surface area contributed by atoms with Crippen molar-refractivity contribution in [3.63, 3.8) is 0 Å². The number of hydrogen-bond donors (Lipinski definition) is 0. The van der Waals surface area contributed by atoms with Gasteiger partial charge in [0.25, 0.3) is 0 Å². The van der Waals surface area contributed by atoms with Gasteiger partial charge >= 0.3 is 11.9 Å². The van der Waals surface area contributed by atoms with E-state index in [1.807, 2.05) is 0 Å². The molecule has 0 aromatic heterocycles. The zero-order valence-electron chi connectivity index (χ0n) is 16.9. The second-order valence-corrected chi connectivity index (χ2v) is 9.36. The van der Waals surface area contributed by atoms with E-state index in [2.05, 4.69) is 0 Å². The monoisotopic (exact) mass is 558 g/mol. The Labute approximate surface area is 217 Å². The molecular weight excluding hydrogens is 541 g/mol. The molecule has 0 saturated carbocycles. The first-order chi connectivity index (χ1) is 15.2. The molecule has 0 aliphatic carbocycles. The van der Waals surface area contributed by atoms with Gasteiger partial charge in [0.1, 0.15) is 11.5 Å². The van der Waals surface area contributed by atoms with Crippen LogP contribution in [-0.2, 0) is 9.59 Å². The maximum absolute atomic E-state index is 11.9. The van der Waals surface area contributed by atoms with Crippen LogP contribution in [0.25, 0.3) is 0 Å². The summed E-state index contributed by atoms with van der Waals surface area (Å²) in [4.78, 5) is 23.8. The predicted octanol–water partition coefficient (Wildman–Crippen LogP) is 9.24. The Bertz CT molecular complexity index is 840. The fraction of sp³-hybridized carbons (Fsp3) is 0.364. The average Bonchev–Trinajstić information content (AvgIpc) is 2.72. The standard InChI is InChI=1S/C22H20Cl6O4/c23-15-9-13(10-16(24)21(15)27)31-19(29)7-5-3-1-2-4-6-8-20(30)32-14-11-17(25)22(28)18(26)12-14/h9-12H,1-8H2. The van der Waals surface area contributed by atoms with Gasteiger partial charge in [0, 0.05) is 37.1 Å². The zero-order valence-corrected chi connectivity index (χ0v) is 21.4. The van der Waals surface area contributed by atoms with Crippen LogP contribution in [0.15, 0.2) is 24.3 Å². The second kappa shape index (κ2) is 13.7. The highest BCUT2D eigenvalue weighted by Crippen LogP contribution is 2.35. The Hall–Kier alpha value is -0.880. The maximum Gasteiger partial charge on any atom is 0.311 e. The highest BCUT2D eigenvalue weighted by atomic mass is 35.5. The van der Waals surface area contributed by atoms with Gasteiger partial charge in [0.15, 0.2) is 0 Å². The number of carbonyl (C=O) groups excluding carboxylic acids is 2. The molecule has 0 unspecified atom stereocenters. The highest BCUT2D eigenvalue weighted by Gasteiger charge is 2.12. The summed E-state index contributed by atoms with van der Waals surface area (Å²) in [5, 5.41) is 1.36. The summed E-state index contributed by atoms with van der Waals surface area (Å²) in [6, 6.07) is 5.81. The third kappa shape index (κ3) is 9.17. The molecule has 0 spiro atoms. The molecule has 0 radical (unpaired) electrons. The Morgan fingerprint density at radius 1 is 0.531 bits per heavy atom. The van der Waals surface area contributed by atoms with Crippen LogP contribution in [0.1, 0.15) is 51.4 Å². The van der Waals surface area contributed by atoms with Crippen molar-refractivity contribution in [2.75, 3.05) is 0 Å². The first-order valence-corrected chi connectivity index (χ1v) is 12.1. The molecule has 0 aliphatic heterocycles. The summed E-state index contributed by atoms with van der Waals surface area (Å²) in [6.07, 6.45) is 5.63. The van der Waals surface area contributed by atoms with E-state index in [1.165, 1.54) is 24.3 Å². The van der Waals surface area contributed by atoms with Crippen LogP contribution in [0.4, 0.5) is 0 Å². The van der Waals surface area contributed by atoms with E-state index in [1.54, 1.807) is 0 Å². The second-order valence-electron chi connectivity index (χ2n) is 6.97. The Morgan fingerprint density at radius 3 is 1.12 bits per heavy atom. The molecule has 10 heteroatoms. The smallest absolute Gasteiger partial charge is 0.311 e. The van der Waals surface area contributed by atoms with Gasteiger partial charge in [-0.2, -0.15) is 0 Å². The third-order valence-corrected chi connectivity index (χ3v) is 6.78. The summed E-state index contributed by atoms with van der Waals surface area (Å²) in [7, 11) is 0. The first kappa shape index (κ1) is 27.4. The fourth-order valence-electron chi connectivity index (χ4n) is 2.79. The number of carbonyl (C=O) groups is 2. The summed E-state index contributed by atoms with van der Waals surface area (Å²) >= 11 is 35.4. The SMILES string of the molecule is O=C(CCCCCCCCC(=O)Oc1cc(Cl)c(Cl)c(Cl)c1)Oc1cc(Cl)c(Cl)c(Cl)c1. The zero-order chi connectivity index (χ0) is 23.7. The Kier molecular flexibility index (Phi) is 11.7. The number of esters is 2. The quantitative estimate of drug-likeness (QED) is 0.119. The molecule has 32 heavy (non-hydrogen) atoms. The summed E-state index contributed by atoms with van der Waals surface area (Å²) in [5.74, 6) is -0.178. The van der Waals surface area contributed by atoms with Crippen molar-refractivity contribution in [3.8, 4) is 11.5 Å². The molecule has 0 heterocycles. The predicted molar refractivity (Wildman–Crippen MR) is 131 cm³/mol. The lowest BCUT2D eigenvalue weighted by atomic mass is 10.1. The summed E-state index contributed by atoms with van der Waals surface area (Å²) < 4.78 is 10.5. The van der Waals surface area contributed by atoms with Gasteiger partial charge in [-0.05, 0) is 12.8 Å². The van der Waals surface area contributed by atoms with E-state index < -0.39 is 0 Å². The van der Waals surface area contributed by atoms with Crippen molar-refractivity contribution in [1.29, 1.82) is 0 Å². The van der Waals surface area contributed by atoms with Gasteiger partial charge in [-0.25, -0.2) is 0 Å². The van der Waals surface area contributed by atoms with Crippen LogP contribution in [0.3, 0.4) is 0 Å². The van der Waals surface area contributed by atoms with Gasteiger partial charge in [0.05, 0.1) is 30.1 Å². The minimum absolute atomic E-state index is 0.222. The molecule has 0 N–H and O–H groups in total. The fourth-order valence-corrected chi connectivity index (χ4v) is 3.95. The van der Waals surface area contributed by atoms with E-state index in [4.69, 9.17) is 79.1 Å². The van der Waals surface area contributed by atoms with Crippen molar-refractivity contribution < 1.29 is 19.1 Å². The van der Waals surface area contributed by atoms with E-state index in [0.717, 1.165) is 25.7 Å². The minimum atomic E-state index is -0.357. The van der Waals surface area contributed by atoms with Crippen molar-refractivity contribution in [2.45, 2.75) is 51.4 Å². The molecule has 2 aromatic carbocycles. The van der Waals surface area contributed by atoms with Crippen LogP contribution < -0.4 is 9.47 Å². The number of halogens is 6. The highest BCUT2D eigenvalue weighted by molar-refractivity contribution is 6.48. The molecule has 0 atom stereocenters. The molecule has 2 rings (SSSR count). The molecule has 0 aliphatic rings. The van der Waals surface area contributed by atoms with Crippen LogP contribution >= 0.6 is 69.6 Å². The largest absolute Gasteiger partial charge is 0.426 e. The van der Waals surface area contributed by atoms with Gasteiger partial charge in [-0.3, -0.25) is 9.59 Å². The Morgan fingerprint density at radius 2 is 0.812 bits per heavy atom. The van der Waals surface area contributed by atoms with Gasteiger partial charge in [-0.1, -0.05) is 95.3 Å². The number of unbranched alkanes of at least 4 members (excludes halogenated alkanes) is 5. The summed E-state index contributed by atoms with van der Waals surface area (Å²) in [5.41, 5.74) is 0. The number of benzene rings is 2. The van der Waals surface area contributed by atoms with Crippen molar-refractivity contribution in [1.82, 2.24) is 0 Å². The van der Waals surface area contributed by atoms with E-state index in [9.17, 15) is 9.59 Å². The number of hydrogen-bond acceptors (Lipinski definition) is 4. The maximum atomic E-state index is 11.9. The lowest BCUT2D eigenvalue weighted by molar-refractivity contribution is -0.135. The molecular formula is C22H20Cl6O4. The van der Waals surface area contributed by atoms with Gasteiger partial charge < -0.3 is 9.47 Å². The van der Waals surface area contributed by atoms with Gasteiger partial charge in [-0.15, -0.1) is 0 Å². The Balaban J connectivity index is 1.55. The minimum Gasteiger partial charge on any atom is -0.426 e. The van der Waals surface area contributed by atoms with Crippen molar-refractivity contribution in [3.05, 3.63) is 54.4 Å². The van der Waals surface area contributed by atoms with Gasteiger partial charge in [0.2, 0.25) is 0 Å². The normalized spacial score (nSPS) is 10.8. The third-order valence-electron chi connectivity index (χ3n) is 4.39. The van der Waals surface area contributed by atoms with Crippen LogP contribution in [0.5, 0.6) is 11.5 Å². The molecule has 0 saturated heterocycles. The van der Waals surface area contributed by atoms with E-state index in [-0.39, 0.29) is 66.4 Å². The molecule has 4 nitrogen and oxygen atoms in total. The van der Waals surface area contributed by atoms with Crippen molar-refractivity contribution >= 4 is 81.5 Å². The molecule has 0 bridgehead atoms. The summed E-state index contributed by atoms with van der Waals surface area (Å²) in [6.45, 7) is 0. The molecule has 0 fully saturated rings. The lowest BCUT2D eigenvalue weighted by Gasteiger charge is -2.07. The number of rotatable bonds is 11. The average molecular weight is 561 g/mol. The van der Waals surface area contributed by atoms with Crippen LogP contribution in [0, 0.1) is 0 Å². The molecule has 2 aromatic rings. The molecule has 0 amide bonds. The van der Waals surface area contributed by atoms with Crippen LogP contribution in [0.2, 0.25) is 30.1 Å². The lowest BCUT2D eigenvalue weighted by Crippen LogP contribution is -2.08. The topological polar surface area (TPSA) is 52.6 Å².